The van der Waals surface area contributed by atoms with E-state index in [0.717, 1.165) is 6.42 Å². The Morgan fingerprint density at radius 2 is 1.43 bits per heavy atom. The number of hydrogen-bond donors (Lipinski definition) is 1. The van der Waals surface area contributed by atoms with Crippen LogP contribution in [0.2, 0.25) is 0 Å². The summed E-state index contributed by atoms with van der Waals surface area (Å²) in [6.45, 7) is 0. The summed E-state index contributed by atoms with van der Waals surface area (Å²) in [7, 11) is 0. The lowest BCUT2D eigenvalue weighted by molar-refractivity contribution is -0.0241. The van der Waals surface area contributed by atoms with Crippen LogP contribution in [0.5, 0.6) is 0 Å². The molecule has 2 nitrogen and oxygen atoms in total. The second kappa shape index (κ2) is 5.13. The predicted molar refractivity (Wildman–Crippen MR) is 58.2 cm³/mol. The molecule has 2 rings (SSSR count). The average molecular weight is 197 g/mol. The summed E-state index contributed by atoms with van der Waals surface area (Å²) in [5, 5.41) is 0. The van der Waals surface area contributed by atoms with Crippen LogP contribution in [0.25, 0.3) is 0 Å². The summed E-state index contributed by atoms with van der Waals surface area (Å²) < 4.78 is 6.12. The topological polar surface area (TPSA) is 35.2 Å². The summed E-state index contributed by atoms with van der Waals surface area (Å²) in [6.07, 6.45) is 12.4. The molecule has 0 aliphatic heterocycles. The molecule has 2 heteroatoms. The van der Waals surface area contributed by atoms with Crippen LogP contribution in [0, 0.1) is 0 Å². The first-order chi connectivity index (χ1) is 6.86. The van der Waals surface area contributed by atoms with Gasteiger partial charge in [-0.1, -0.05) is 32.1 Å². The van der Waals surface area contributed by atoms with E-state index in [0.29, 0.717) is 18.2 Å². The maximum Gasteiger partial charge on any atom is 0.0729 e. The number of hydrogen-bond acceptors (Lipinski definition) is 2. The number of rotatable bonds is 2. The lowest BCUT2D eigenvalue weighted by atomic mass is 10.1. The minimum Gasteiger partial charge on any atom is -0.373 e. The first-order valence-corrected chi connectivity index (χ1v) is 6.27. The van der Waals surface area contributed by atoms with E-state index in [-0.39, 0.29) is 0 Å². The molecule has 0 aromatic carbocycles. The molecular weight excluding hydrogens is 174 g/mol. The van der Waals surface area contributed by atoms with Crippen molar-refractivity contribution in [3.63, 3.8) is 0 Å². The van der Waals surface area contributed by atoms with Gasteiger partial charge in [-0.25, -0.2) is 0 Å². The molecule has 2 aliphatic rings. The molecule has 0 aromatic rings. The summed E-state index contributed by atoms with van der Waals surface area (Å²) in [5.41, 5.74) is 6.13. The first-order valence-electron chi connectivity index (χ1n) is 6.27. The molecule has 2 saturated carbocycles. The fourth-order valence-corrected chi connectivity index (χ4v) is 2.74. The number of nitrogens with two attached hydrogens (primary N) is 1. The molecule has 0 spiro atoms. The third kappa shape index (κ3) is 2.71. The Balaban J connectivity index is 1.81. The highest BCUT2D eigenvalue weighted by Gasteiger charge is 2.25. The molecule has 2 N–H and O–H groups in total. The molecule has 14 heavy (non-hydrogen) atoms. The van der Waals surface area contributed by atoms with Crippen LogP contribution in [0.1, 0.15) is 57.8 Å². The second-order valence-corrected chi connectivity index (χ2v) is 4.88. The van der Waals surface area contributed by atoms with Crippen LogP contribution < -0.4 is 5.73 Å². The van der Waals surface area contributed by atoms with Crippen LogP contribution in [-0.2, 0) is 4.74 Å². The molecule has 0 bridgehead atoms. The molecule has 2 fully saturated rings. The van der Waals surface area contributed by atoms with E-state index in [9.17, 15) is 0 Å². The van der Waals surface area contributed by atoms with Crippen molar-refractivity contribution in [2.75, 3.05) is 0 Å². The van der Waals surface area contributed by atoms with Crippen molar-refractivity contribution < 1.29 is 4.74 Å². The second-order valence-electron chi connectivity index (χ2n) is 4.88. The normalized spacial score (nSPS) is 35.8. The van der Waals surface area contributed by atoms with Gasteiger partial charge in [-0.15, -0.1) is 0 Å². The summed E-state index contributed by atoms with van der Waals surface area (Å²) in [4.78, 5) is 0. The van der Waals surface area contributed by atoms with Gasteiger partial charge in [0, 0.05) is 6.04 Å². The van der Waals surface area contributed by atoms with E-state index in [1.54, 1.807) is 0 Å². The Morgan fingerprint density at radius 3 is 2.21 bits per heavy atom. The van der Waals surface area contributed by atoms with Gasteiger partial charge in [0.25, 0.3) is 0 Å². The van der Waals surface area contributed by atoms with Gasteiger partial charge in [-0.05, 0) is 25.7 Å². The van der Waals surface area contributed by atoms with Gasteiger partial charge in [0.05, 0.1) is 12.2 Å². The molecule has 0 saturated heterocycles. The minimum absolute atomic E-state index is 0.304. The van der Waals surface area contributed by atoms with Crippen LogP contribution in [0.3, 0.4) is 0 Å². The van der Waals surface area contributed by atoms with Crippen molar-refractivity contribution in [3.05, 3.63) is 0 Å². The van der Waals surface area contributed by atoms with Crippen molar-refractivity contribution in [1.82, 2.24) is 0 Å². The van der Waals surface area contributed by atoms with E-state index in [2.05, 4.69) is 0 Å². The fraction of sp³-hybridized carbons (Fsp3) is 1.00. The SMILES string of the molecule is NC1CCCCCC1OC1CCCC1. The van der Waals surface area contributed by atoms with E-state index in [1.807, 2.05) is 0 Å². The van der Waals surface area contributed by atoms with Crippen molar-refractivity contribution >= 4 is 0 Å². The fourth-order valence-electron chi connectivity index (χ4n) is 2.74. The van der Waals surface area contributed by atoms with Gasteiger partial charge in [0.1, 0.15) is 0 Å². The quantitative estimate of drug-likeness (QED) is 0.691. The zero-order chi connectivity index (χ0) is 9.80. The van der Waals surface area contributed by atoms with Crippen molar-refractivity contribution in [3.8, 4) is 0 Å². The van der Waals surface area contributed by atoms with E-state index in [4.69, 9.17) is 10.5 Å². The largest absolute Gasteiger partial charge is 0.373 e. The van der Waals surface area contributed by atoms with E-state index >= 15 is 0 Å². The highest BCUT2D eigenvalue weighted by atomic mass is 16.5. The predicted octanol–water partition coefficient (Wildman–Crippen LogP) is 2.61. The summed E-state index contributed by atoms with van der Waals surface area (Å²) in [5.74, 6) is 0. The van der Waals surface area contributed by atoms with Gasteiger partial charge in [-0.2, -0.15) is 0 Å². The van der Waals surface area contributed by atoms with Gasteiger partial charge in [0.2, 0.25) is 0 Å². The lowest BCUT2D eigenvalue weighted by Crippen LogP contribution is -2.37. The summed E-state index contributed by atoms with van der Waals surface area (Å²) in [6, 6.07) is 0.304. The minimum atomic E-state index is 0.304. The maximum atomic E-state index is 6.13. The Hall–Kier alpha value is -0.0800. The van der Waals surface area contributed by atoms with Gasteiger partial charge >= 0.3 is 0 Å². The Kier molecular flexibility index (Phi) is 3.82. The zero-order valence-electron chi connectivity index (χ0n) is 9.08. The first kappa shape index (κ1) is 10.4. The Bertz CT molecular complexity index is 166. The molecule has 0 radical (unpaired) electrons. The molecular formula is C12H23NO. The monoisotopic (exact) mass is 197 g/mol. The van der Waals surface area contributed by atoms with E-state index < -0.39 is 0 Å². The molecule has 82 valence electrons. The van der Waals surface area contributed by atoms with Crippen LogP contribution in [0.4, 0.5) is 0 Å². The molecule has 0 amide bonds. The molecule has 2 aliphatic carbocycles. The van der Waals surface area contributed by atoms with Gasteiger partial charge in [0.15, 0.2) is 0 Å². The Labute approximate surface area is 87.2 Å². The summed E-state index contributed by atoms with van der Waals surface area (Å²) >= 11 is 0. The standard InChI is InChI=1S/C12H23NO/c13-11-8-2-1-3-9-12(11)14-10-6-4-5-7-10/h10-12H,1-9,13H2. The van der Waals surface area contributed by atoms with Crippen LogP contribution in [0.15, 0.2) is 0 Å². The number of ether oxygens (including phenoxy) is 1. The van der Waals surface area contributed by atoms with Crippen molar-refractivity contribution in [2.45, 2.75) is 76.0 Å². The smallest absolute Gasteiger partial charge is 0.0729 e. The Morgan fingerprint density at radius 1 is 0.786 bits per heavy atom. The third-order valence-corrected chi connectivity index (χ3v) is 3.67. The maximum absolute atomic E-state index is 6.13. The molecule has 0 heterocycles. The van der Waals surface area contributed by atoms with Crippen molar-refractivity contribution in [1.29, 1.82) is 0 Å². The van der Waals surface area contributed by atoms with Crippen LogP contribution in [-0.4, -0.2) is 18.2 Å². The zero-order valence-corrected chi connectivity index (χ0v) is 9.08. The van der Waals surface area contributed by atoms with Crippen LogP contribution >= 0.6 is 0 Å². The lowest BCUT2D eigenvalue weighted by Gasteiger charge is -2.25. The van der Waals surface area contributed by atoms with Crippen molar-refractivity contribution in [2.24, 2.45) is 5.73 Å². The third-order valence-electron chi connectivity index (χ3n) is 3.67. The highest BCUT2D eigenvalue weighted by Crippen LogP contribution is 2.26. The van der Waals surface area contributed by atoms with E-state index in [1.165, 1.54) is 51.4 Å². The molecule has 2 unspecified atom stereocenters. The molecule has 2 atom stereocenters. The average Bonchev–Trinajstić information content (AvgIpc) is 2.60. The van der Waals surface area contributed by atoms with Gasteiger partial charge < -0.3 is 10.5 Å². The van der Waals surface area contributed by atoms with Gasteiger partial charge in [-0.3, -0.25) is 0 Å². The highest BCUT2D eigenvalue weighted by molar-refractivity contribution is 4.79. The molecule has 0 aromatic heterocycles.